The third kappa shape index (κ3) is 5.04. The molecular formula is C23H28ClNO2. The van der Waals surface area contributed by atoms with Crippen molar-refractivity contribution in [3.63, 3.8) is 0 Å². The van der Waals surface area contributed by atoms with Crippen LogP contribution < -0.4 is 10.1 Å². The highest BCUT2D eigenvalue weighted by Gasteiger charge is 2.22. The zero-order valence-corrected chi connectivity index (χ0v) is 16.9. The topological polar surface area (TPSA) is 38.3 Å². The van der Waals surface area contributed by atoms with E-state index in [1.807, 2.05) is 19.1 Å². The summed E-state index contributed by atoms with van der Waals surface area (Å²) in [6, 6.07) is 13.9. The molecule has 3 rings (SSSR count). The summed E-state index contributed by atoms with van der Waals surface area (Å²) in [6.45, 7) is 4.05. The van der Waals surface area contributed by atoms with Gasteiger partial charge in [0.05, 0.1) is 6.04 Å². The zero-order valence-electron chi connectivity index (χ0n) is 16.1. The SMILES string of the molecule is CCC(Oc1cccc(Cl)c1)C(=O)NC(CC)c1ccc2c(c1)CCCC2. The zero-order chi connectivity index (χ0) is 19.2. The predicted octanol–water partition coefficient (Wildman–Crippen LogP) is 5.64. The first-order chi connectivity index (χ1) is 13.1. The summed E-state index contributed by atoms with van der Waals surface area (Å²) in [5.41, 5.74) is 4.08. The minimum absolute atomic E-state index is 0.00161. The van der Waals surface area contributed by atoms with Gasteiger partial charge in [-0.05, 0) is 73.4 Å². The maximum Gasteiger partial charge on any atom is 0.261 e. The number of hydrogen-bond acceptors (Lipinski definition) is 2. The van der Waals surface area contributed by atoms with Gasteiger partial charge in [-0.3, -0.25) is 4.79 Å². The molecule has 2 unspecified atom stereocenters. The molecule has 144 valence electrons. The van der Waals surface area contributed by atoms with E-state index in [0.717, 1.165) is 12.8 Å². The van der Waals surface area contributed by atoms with Crippen molar-refractivity contribution in [1.29, 1.82) is 0 Å². The quantitative estimate of drug-likeness (QED) is 0.669. The first kappa shape index (κ1) is 19.8. The molecule has 0 heterocycles. The lowest BCUT2D eigenvalue weighted by Gasteiger charge is -2.24. The largest absolute Gasteiger partial charge is 0.481 e. The second-order valence-electron chi connectivity index (χ2n) is 7.18. The lowest BCUT2D eigenvalue weighted by atomic mass is 9.88. The molecule has 1 aliphatic rings. The number of amides is 1. The van der Waals surface area contributed by atoms with Gasteiger partial charge in [0, 0.05) is 5.02 Å². The summed E-state index contributed by atoms with van der Waals surface area (Å²) < 4.78 is 5.88. The summed E-state index contributed by atoms with van der Waals surface area (Å²) in [6.07, 6.45) is 5.75. The van der Waals surface area contributed by atoms with Crippen molar-refractivity contribution in [1.82, 2.24) is 5.32 Å². The van der Waals surface area contributed by atoms with Gasteiger partial charge in [-0.2, -0.15) is 0 Å². The van der Waals surface area contributed by atoms with E-state index in [1.165, 1.54) is 36.0 Å². The Labute approximate surface area is 167 Å². The molecule has 2 aromatic carbocycles. The van der Waals surface area contributed by atoms with Crippen LogP contribution in [0.15, 0.2) is 42.5 Å². The molecule has 0 fully saturated rings. The Kier molecular flexibility index (Phi) is 6.78. The van der Waals surface area contributed by atoms with Gasteiger partial charge >= 0.3 is 0 Å². The minimum atomic E-state index is -0.532. The van der Waals surface area contributed by atoms with Crippen LogP contribution in [0.3, 0.4) is 0 Å². The molecule has 0 spiro atoms. The molecule has 27 heavy (non-hydrogen) atoms. The molecule has 1 amide bonds. The van der Waals surface area contributed by atoms with Gasteiger partial charge in [0.2, 0.25) is 0 Å². The summed E-state index contributed by atoms with van der Waals surface area (Å²) in [4.78, 5) is 12.8. The third-order valence-electron chi connectivity index (χ3n) is 5.24. The first-order valence-electron chi connectivity index (χ1n) is 9.95. The van der Waals surface area contributed by atoms with Gasteiger partial charge in [0.15, 0.2) is 6.10 Å². The number of nitrogens with one attached hydrogen (secondary N) is 1. The maximum absolute atomic E-state index is 12.8. The fourth-order valence-corrected chi connectivity index (χ4v) is 3.86. The second kappa shape index (κ2) is 9.27. The highest BCUT2D eigenvalue weighted by Crippen LogP contribution is 2.26. The van der Waals surface area contributed by atoms with Crippen molar-refractivity contribution in [3.8, 4) is 5.75 Å². The van der Waals surface area contributed by atoms with E-state index in [4.69, 9.17) is 16.3 Å². The van der Waals surface area contributed by atoms with E-state index < -0.39 is 6.10 Å². The molecule has 0 aliphatic heterocycles. The minimum Gasteiger partial charge on any atom is -0.481 e. The number of fused-ring (bicyclic) bond motifs is 1. The van der Waals surface area contributed by atoms with E-state index in [-0.39, 0.29) is 11.9 Å². The van der Waals surface area contributed by atoms with Crippen molar-refractivity contribution >= 4 is 17.5 Å². The van der Waals surface area contributed by atoms with E-state index in [9.17, 15) is 4.79 Å². The Morgan fingerprint density at radius 1 is 1.07 bits per heavy atom. The fraction of sp³-hybridized carbons (Fsp3) is 0.435. The smallest absolute Gasteiger partial charge is 0.261 e. The fourth-order valence-electron chi connectivity index (χ4n) is 3.68. The Morgan fingerprint density at radius 2 is 1.85 bits per heavy atom. The first-order valence-corrected chi connectivity index (χ1v) is 10.3. The molecule has 0 radical (unpaired) electrons. The number of rotatable bonds is 7. The number of carbonyl (C=O) groups is 1. The number of hydrogen-bond donors (Lipinski definition) is 1. The van der Waals surface area contributed by atoms with Crippen LogP contribution in [-0.2, 0) is 17.6 Å². The van der Waals surface area contributed by atoms with Gasteiger partial charge in [0.25, 0.3) is 5.91 Å². The summed E-state index contributed by atoms with van der Waals surface area (Å²) in [7, 11) is 0. The molecule has 2 aromatic rings. The van der Waals surface area contributed by atoms with Gasteiger partial charge in [-0.15, -0.1) is 0 Å². The van der Waals surface area contributed by atoms with Crippen LogP contribution >= 0.6 is 11.6 Å². The van der Waals surface area contributed by atoms with Gasteiger partial charge in [0.1, 0.15) is 5.75 Å². The van der Waals surface area contributed by atoms with Crippen molar-refractivity contribution in [2.75, 3.05) is 0 Å². The van der Waals surface area contributed by atoms with Gasteiger partial charge < -0.3 is 10.1 Å². The molecule has 3 nitrogen and oxygen atoms in total. The Balaban J connectivity index is 1.69. The van der Waals surface area contributed by atoms with Gasteiger partial charge in [-0.1, -0.05) is 49.7 Å². The maximum atomic E-state index is 12.8. The number of aryl methyl sites for hydroxylation is 2. The molecule has 1 aliphatic carbocycles. The normalized spacial score (nSPS) is 15.5. The van der Waals surface area contributed by atoms with Crippen molar-refractivity contribution in [2.45, 2.75) is 64.5 Å². The third-order valence-corrected chi connectivity index (χ3v) is 5.47. The highest BCUT2D eigenvalue weighted by molar-refractivity contribution is 6.30. The van der Waals surface area contributed by atoms with Crippen molar-refractivity contribution in [2.24, 2.45) is 0 Å². The van der Waals surface area contributed by atoms with Crippen LogP contribution in [0.5, 0.6) is 5.75 Å². The Hall–Kier alpha value is -2.00. The van der Waals surface area contributed by atoms with Gasteiger partial charge in [-0.25, -0.2) is 0 Å². The Morgan fingerprint density at radius 3 is 2.56 bits per heavy atom. The lowest BCUT2D eigenvalue weighted by Crippen LogP contribution is -2.40. The standard InChI is InChI=1S/C23H28ClNO2/c1-3-21(18-13-12-16-8-5-6-9-17(16)14-18)25-23(26)22(4-2)27-20-11-7-10-19(24)15-20/h7,10-15,21-22H,3-6,8-9H2,1-2H3,(H,25,26). The molecule has 4 heteroatoms. The average molecular weight is 386 g/mol. The van der Waals surface area contributed by atoms with Crippen molar-refractivity contribution in [3.05, 3.63) is 64.2 Å². The molecule has 0 aromatic heterocycles. The highest BCUT2D eigenvalue weighted by atomic mass is 35.5. The molecule has 1 N–H and O–H groups in total. The summed E-state index contributed by atoms with van der Waals surface area (Å²) >= 11 is 6.02. The van der Waals surface area contributed by atoms with Crippen LogP contribution in [0.2, 0.25) is 5.02 Å². The second-order valence-corrected chi connectivity index (χ2v) is 7.61. The number of benzene rings is 2. The van der Waals surface area contributed by atoms with Crippen LogP contribution in [0, 0.1) is 0 Å². The predicted molar refractivity (Wildman–Crippen MR) is 110 cm³/mol. The number of carbonyl (C=O) groups excluding carboxylic acids is 1. The van der Waals surface area contributed by atoms with E-state index >= 15 is 0 Å². The monoisotopic (exact) mass is 385 g/mol. The number of ether oxygens (including phenoxy) is 1. The van der Waals surface area contributed by atoms with Crippen LogP contribution in [0.4, 0.5) is 0 Å². The Bertz CT molecular complexity index is 790. The van der Waals surface area contributed by atoms with E-state index in [2.05, 4.69) is 30.4 Å². The summed E-state index contributed by atoms with van der Waals surface area (Å²) in [5.74, 6) is 0.536. The summed E-state index contributed by atoms with van der Waals surface area (Å²) in [5, 5.41) is 3.78. The van der Waals surface area contributed by atoms with Crippen LogP contribution in [-0.4, -0.2) is 12.0 Å². The molecule has 2 atom stereocenters. The molecule has 0 bridgehead atoms. The van der Waals surface area contributed by atoms with Crippen LogP contribution in [0.25, 0.3) is 0 Å². The molecule has 0 saturated heterocycles. The molecular weight excluding hydrogens is 358 g/mol. The average Bonchev–Trinajstić information content (AvgIpc) is 2.69. The van der Waals surface area contributed by atoms with E-state index in [1.54, 1.807) is 12.1 Å². The van der Waals surface area contributed by atoms with Crippen LogP contribution in [0.1, 0.15) is 62.3 Å². The van der Waals surface area contributed by atoms with E-state index in [0.29, 0.717) is 17.2 Å². The number of halogens is 1. The molecule has 0 saturated carbocycles. The van der Waals surface area contributed by atoms with Crippen molar-refractivity contribution < 1.29 is 9.53 Å². The lowest BCUT2D eigenvalue weighted by molar-refractivity contribution is -0.128.